The summed E-state index contributed by atoms with van der Waals surface area (Å²) in [5.41, 5.74) is 0.974. The van der Waals surface area contributed by atoms with Gasteiger partial charge in [0.05, 0.1) is 25.9 Å². The number of hydrogen-bond acceptors (Lipinski definition) is 4. The Hall–Kier alpha value is -0.710. The molecular weight excluding hydrogens is 212 g/mol. The summed E-state index contributed by atoms with van der Waals surface area (Å²) in [5.74, 6) is 0.819. The minimum Gasteiger partial charge on any atom is -0.496 e. The van der Waals surface area contributed by atoms with E-state index in [1.54, 1.807) is 18.9 Å². The van der Waals surface area contributed by atoms with E-state index in [4.69, 9.17) is 14.2 Å². The molecule has 1 aromatic rings. The zero-order chi connectivity index (χ0) is 10.7. The van der Waals surface area contributed by atoms with Gasteiger partial charge in [0, 0.05) is 4.90 Å². The van der Waals surface area contributed by atoms with Crippen molar-refractivity contribution >= 4 is 11.8 Å². The summed E-state index contributed by atoms with van der Waals surface area (Å²) in [5, 5.41) is 0. The van der Waals surface area contributed by atoms with E-state index in [1.165, 1.54) is 4.90 Å². The van der Waals surface area contributed by atoms with Crippen LogP contribution in [0.2, 0.25) is 0 Å². The van der Waals surface area contributed by atoms with Crippen molar-refractivity contribution in [1.29, 1.82) is 0 Å². The molecule has 1 saturated heterocycles. The van der Waals surface area contributed by atoms with Crippen LogP contribution >= 0.6 is 11.8 Å². The largest absolute Gasteiger partial charge is 0.496 e. The van der Waals surface area contributed by atoms with Crippen molar-refractivity contribution in [2.24, 2.45) is 0 Å². The van der Waals surface area contributed by atoms with Gasteiger partial charge >= 0.3 is 0 Å². The zero-order valence-electron chi connectivity index (χ0n) is 8.86. The fourth-order valence-electron chi connectivity index (χ4n) is 1.56. The first kappa shape index (κ1) is 10.8. The van der Waals surface area contributed by atoms with Crippen molar-refractivity contribution in [2.45, 2.75) is 11.2 Å². The predicted molar refractivity (Wildman–Crippen MR) is 59.4 cm³/mol. The Morgan fingerprint density at radius 3 is 2.67 bits per heavy atom. The van der Waals surface area contributed by atoms with E-state index < -0.39 is 0 Å². The predicted octanol–water partition coefficient (Wildman–Crippen LogP) is 2.46. The first-order valence-corrected chi connectivity index (χ1v) is 6.02. The monoisotopic (exact) mass is 226 g/mol. The maximum Gasteiger partial charge on any atom is 0.187 e. The lowest BCUT2D eigenvalue weighted by Crippen LogP contribution is -2.01. The van der Waals surface area contributed by atoms with Gasteiger partial charge in [-0.2, -0.15) is 0 Å². The molecule has 0 amide bonds. The summed E-state index contributed by atoms with van der Waals surface area (Å²) in [7, 11) is 1.66. The van der Waals surface area contributed by atoms with Gasteiger partial charge in [-0.1, -0.05) is 0 Å². The summed E-state index contributed by atoms with van der Waals surface area (Å²) in [6, 6.07) is 6.04. The van der Waals surface area contributed by atoms with Gasteiger partial charge in [-0.05, 0) is 24.5 Å². The molecule has 1 aliphatic heterocycles. The lowest BCUT2D eigenvalue weighted by atomic mass is 10.2. The number of methoxy groups -OCH3 is 1. The SMILES string of the molecule is COc1ccc(SC)cc1C1OCCO1. The molecule has 0 atom stereocenters. The molecule has 2 rings (SSSR count). The second-order valence-electron chi connectivity index (χ2n) is 3.18. The van der Waals surface area contributed by atoms with Crippen LogP contribution in [-0.4, -0.2) is 26.6 Å². The third-order valence-corrected chi connectivity index (χ3v) is 3.04. The van der Waals surface area contributed by atoms with E-state index in [2.05, 4.69) is 6.07 Å². The molecule has 82 valence electrons. The van der Waals surface area contributed by atoms with E-state index in [9.17, 15) is 0 Å². The highest BCUT2D eigenvalue weighted by atomic mass is 32.2. The second-order valence-corrected chi connectivity index (χ2v) is 4.06. The number of hydrogen-bond donors (Lipinski definition) is 0. The summed E-state index contributed by atoms with van der Waals surface area (Å²) in [6.07, 6.45) is 1.77. The first-order valence-electron chi connectivity index (χ1n) is 4.80. The molecule has 1 fully saturated rings. The topological polar surface area (TPSA) is 27.7 Å². The Kier molecular flexibility index (Phi) is 3.51. The van der Waals surface area contributed by atoms with Crippen LogP contribution < -0.4 is 4.74 Å². The third kappa shape index (κ3) is 2.27. The highest BCUT2D eigenvalue weighted by molar-refractivity contribution is 7.98. The Morgan fingerprint density at radius 1 is 1.33 bits per heavy atom. The Morgan fingerprint density at radius 2 is 2.07 bits per heavy atom. The van der Waals surface area contributed by atoms with Crippen LogP contribution in [-0.2, 0) is 9.47 Å². The molecule has 0 spiro atoms. The van der Waals surface area contributed by atoms with Crippen molar-refractivity contribution < 1.29 is 14.2 Å². The van der Waals surface area contributed by atoms with Gasteiger partial charge in [-0.3, -0.25) is 0 Å². The fourth-order valence-corrected chi connectivity index (χ4v) is 2.01. The molecule has 1 heterocycles. The fraction of sp³-hybridized carbons (Fsp3) is 0.455. The summed E-state index contributed by atoms with van der Waals surface area (Å²) < 4.78 is 16.2. The van der Waals surface area contributed by atoms with Crippen molar-refractivity contribution in [1.82, 2.24) is 0 Å². The summed E-state index contributed by atoms with van der Waals surface area (Å²) in [6.45, 7) is 1.30. The average Bonchev–Trinajstić information content (AvgIpc) is 2.81. The zero-order valence-corrected chi connectivity index (χ0v) is 9.67. The lowest BCUT2D eigenvalue weighted by molar-refractivity contribution is -0.0456. The Bertz CT molecular complexity index is 335. The molecule has 1 aliphatic rings. The molecule has 0 aliphatic carbocycles. The molecule has 3 nitrogen and oxygen atoms in total. The molecule has 0 unspecified atom stereocenters. The molecule has 0 N–H and O–H groups in total. The number of benzene rings is 1. The van der Waals surface area contributed by atoms with Crippen LogP contribution in [0.15, 0.2) is 23.1 Å². The highest BCUT2D eigenvalue weighted by Crippen LogP contribution is 2.33. The molecule has 0 radical (unpaired) electrons. The van der Waals surface area contributed by atoms with Gasteiger partial charge in [-0.25, -0.2) is 0 Å². The summed E-state index contributed by atoms with van der Waals surface area (Å²) in [4.78, 5) is 1.19. The number of ether oxygens (including phenoxy) is 3. The Balaban J connectivity index is 2.32. The van der Waals surface area contributed by atoms with Crippen molar-refractivity contribution in [3.63, 3.8) is 0 Å². The van der Waals surface area contributed by atoms with Gasteiger partial charge in [-0.15, -0.1) is 11.8 Å². The molecule has 0 saturated carbocycles. The van der Waals surface area contributed by atoms with E-state index in [0.29, 0.717) is 13.2 Å². The first-order chi connectivity index (χ1) is 7.35. The quantitative estimate of drug-likeness (QED) is 0.740. The molecule has 15 heavy (non-hydrogen) atoms. The van der Waals surface area contributed by atoms with Gasteiger partial charge in [0.1, 0.15) is 5.75 Å². The highest BCUT2D eigenvalue weighted by Gasteiger charge is 2.22. The van der Waals surface area contributed by atoms with Gasteiger partial charge in [0.25, 0.3) is 0 Å². The van der Waals surface area contributed by atoms with Crippen LogP contribution in [0.3, 0.4) is 0 Å². The maximum atomic E-state index is 5.47. The second kappa shape index (κ2) is 4.88. The minimum absolute atomic E-state index is 0.271. The maximum absolute atomic E-state index is 5.47. The molecule has 0 bridgehead atoms. The van der Waals surface area contributed by atoms with Crippen molar-refractivity contribution in [2.75, 3.05) is 26.6 Å². The van der Waals surface area contributed by atoms with E-state index in [1.807, 2.05) is 18.4 Å². The molecular formula is C11H14O3S. The van der Waals surface area contributed by atoms with Crippen molar-refractivity contribution in [3.8, 4) is 5.75 Å². The molecule has 0 aromatic heterocycles. The van der Waals surface area contributed by atoms with Crippen molar-refractivity contribution in [3.05, 3.63) is 23.8 Å². The van der Waals surface area contributed by atoms with E-state index in [-0.39, 0.29) is 6.29 Å². The van der Waals surface area contributed by atoms with Crippen LogP contribution in [0.5, 0.6) is 5.75 Å². The van der Waals surface area contributed by atoms with Crippen LogP contribution in [0, 0.1) is 0 Å². The number of thioether (sulfide) groups is 1. The third-order valence-electron chi connectivity index (χ3n) is 2.31. The van der Waals surface area contributed by atoms with Crippen LogP contribution in [0.1, 0.15) is 11.9 Å². The standard InChI is InChI=1S/C11H14O3S/c1-12-10-4-3-8(15-2)7-9(10)11-13-5-6-14-11/h3-4,7,11H,5-6H2,1-2H3. The van der Waals surface area contributed by atoms with Crippen LogP contribution in [0.25, 0.3) is 0 Å². The normalized spacial score (nSPS) is 16.9. The minimum atomic E-state index is -0.271. The summed E-state index contributed by atoms with van der Waals surface area (Å²) >= 11 is 1.69. The number of rotatable bonds is 3. The molecule has 4 heteroatoms. The van der Waals surface area contributed by atoms with E-state index in [0.717, 1.165) is 11.3 Å². The Labute approximate surface area is 93.7 Å². The lowest BCUT2D eigenvalue weighted by Gasteiger charge is -2.14. The average molecular weight is 226 g/mol. The van der Waals surface area contributed by atoms with Gasteiger partial charge in [0.15, 0.2) is 6.29 Å². The van der Waals surface area contributed by atoms with Crippen LogP contribution in [0.4, 0.5) is 0 Å². The smallest absolute Gasteiger partial charge is 0.187 e. The van der Waals surface area contributed by atoms with Gasteiger partial charge in [0.2, 0.25) is 0 Å². The van der Waals surface area contributed by atoms with Gasteiger partial charge < -0.3 is 14.2 Å². The molecule has 1 aromatic carbocycles. The van der Waals surface area contributed by atoms with E-state index >= 15 is 0 Å².